The number of amides is 1. The van der Waals surface area contributed by atoms with E-state index >= 15 is 0 Å². The van der Waals surface area contributed by atoms with Crippen LogP contribution in [0, 0.1) is 11.7 Å². The lowest BCUT2D eigenvalue weighted by Gasteiger charge is -2.31. The first-order valence-corrected chi connectivity index (χ1v) is 8.62. The van der Waals surface area contributed by atoms with Crippen molar-refractivity contribution in [1.82, 2.24) is 19.8 Å². The Kier molecular flexibility index (Phi) is 5.14. The third kappa shape index (κ3) is 4.12. The number of likely N-dealkylation sites (tertiary alicyclic amines) is 1. The molecule has 1 saturated heterocycles. The van der Waals surface area contributed by atoms with Crippen molar-refractivity contribution < 1.29 is 9.18 Å². The van der Waals surface area contributed by atoms with Gasteiger partial charge in [-0.1, -0.05) is 6.92 Å². The fourth-order valence-electron chi connectivity index (χ4n) is 3.30. The van der Waals surface area contributed by atoms with Gasteiger partial charge in [-0.2, -0.15) is 0 Å². The van der Waals surface area contributed by atoms with Gasteiger partial charge in [0.2, 0.25) is 5.91 Å². The van der Waals surface area contributed by atoms with Crippen LogP contribution in [0.3, 0.4) is 0 Å². The Morgan fingerprint density at radius 2 is 2.33 bits per heavy atom. The molecular weight excluding hydrogens is 307 g/mol. The summed E-state index contributed by atoms with van der Waals surface area (Å²) in [6, 6.07) is 4.54. The molecule has 1 aliphatic rings. The summed E-state index contributed by atoms with van der Waals surface area (Å²) in [5, 5.41) is 0. The molecule has 1 aromatic carbocycles. The lowest BCUT2D eigenvalue weighted by molar-refractivity contribution is -0.133. The van der Waals surface area contributed by atoms with Crippen LogP contribution in [-0.2, 0) is 11.3 Å². The Labute approximate surface area is 141 Å². The van der Waals surface area contributed by atoms with Crippen LogP contribution in [0.25, 0.3) is 11.0 Å². The van der Waals surface area contributed by atoms with Crippen LogP contribution in [0.5, 0.6) is 0 Å². The van der Waals surface area contributed by atoms with Crippen molar-refractivity contribution in [2.45, 2.75) is 32.7 Å². The predicted molar refractivity (Wildman–Crippen MR) is 92.0 cm³/mol. The number of rotatable bonds is 5. The minimum atomic E-state index is -0.271. The lowest BCUT2D eigenvalue weighted by Crippen LogP contribution is -2.40. The van der Waals surface area contributed by atoms with Gasteiger partial charge < -0.3 is 9.88 Å². The molecule has 24 heavy (non-hydrogen) atoms. The third-order valence-corrected chi connectivity index (χ3v) is 4.63. The molecule has 1 atom stereocenters. The van der Waals surface area contributed by atoms with Gasteiger partial charge in [-0.15, -0.1) is 0 Å². The Morgan fingerprint density at radius 3 is 3.12 bits per heavy atom. The zero-order valence-corrected chi connectivity index (χ0v) is 14.4. The summed E-state index contributed by atoms with van der Waals surface area (Å²) in [7, 11) is 1.97. The van der Waals surface area contributed by atoms with Crippen LogP contribution in [0.4, 0.5) is 4.39 Å². The number of carbonyl (C=O) groups excluding carboxylic acids is 1. The van der Waals surface area contributed by atoms with E-state index in [2.05, 4.69) is 21.8 Å². The van der Waals surface area contributed by atoms with E-state index in [1.54, 1.807) is 6.07 Å². The summed E-state index contributed by atoms with van der Waals surface area (Å²) in [5.74, 6) is 1.36. The average molecular weight is 332 g/mol. The molecule has 130 valence electrons. The lowest BCUT2D eigenvalue weighted by atomic mass is 10.00. The molecule has 3 rings (SSSR count). The number of piperidine rings is 1. The van der Waals surface area contributed by atoms with Gasteiger partial charge in [0.1, 0.15) is 11.6 Å². The van der Waals surface area contributed by atoms with Gasteiger partial charge in [0.05, 0.1) is 17.6 Å². The average Bonchev–Trinajstić information content (AvgIpc) is 2.93. The quantitative estimate of drug-likeness (QED) is 0.916. The van der Waals surface area contributed by atoms with Crippen molar-refractivity contribution in [2.75, 3.05) is 26.7 Å². The van der Waals surface area contributed by atoms with Gasteiger partial charge >= 0.3 is 0 Å². The maximum absolute atomic E-state index is 13.2. The standard InChI is InChI=1S/C18H25FN4O/c1-13-4-3-8-23(11-13)18(24)7-9-22(2)12-17-20-15-6-5-14(19)10-16(15)21-17/h5-6,10,13H,3-4,7-9,11-12H2,1-2H3,(H,20,21)/t13-/m0/s1. The fourth-order valence-corrected chi connectivity index (χ4v) is 3.30. The number of aromatic amines is 1. The molecule has 0 bridgehead atoms. The number of H-pyrrole nitrogens is 1. The first-order chi connectivity index (χ1) is 11.5. The van der Waals surface area contributed by atoms with Gasteiger partial charge in [-0.3, -0.25) is 9.69 Å². The highest BCUT2D eigenvalue weighted by atomic mass is 19.1. The zero-order chi connectivity index (χ0) is 17.1. The van der Waals surface area contributed by atoms with Crippen molar-refractivity contribution in [2.24, 2.45) is 5.92 Å². The molecule has 0 unspecified atom stereocenters. The molecule has 0 radical (unpaired) electrons. The minimum Gasteiger partial charge on any atom is -0.342 e. The third-order valence-electron chi connectivity index (χ3n) is 4.63. The highest BCUT2D eigenvalue weighted by Gasteiger charge is 2.20. The molecule has 2 heterocycles. The Balaban J connectivity index is 1.51. The molecule has 1 amide bonds. The molecule has 6 heteroatoms. The number of imidazole rings is 1. The van der Waals surface area contributed by atoms with E-state index < -0.39 is 0 Å². The van der Waals surface area contributed by atoms with Gasteiger partial charge in [0.15, 0.2) is 0 Å². The first-order valence-electron chi connectivity index (χ1n) is 8.62. The van der Waals surface area contributed by atoms with Gasteiger partial charge in [-0.05, 0) is 44.0 Å². The van der Waals surface area contributed by atoms with Crippen LogP contribution in [0.2, 0.25) is 0 Å². The van der Waals surface area contributed by atoms with E-state index in [1.165, 1.54) is 18.6 Å². The number of halogens is 1. The topological polar surface area (TPSA) is 52.2 Å². The van der Waals surface area contributed by atoms with Crippen molar-refractivity contribution in [3.63, 3.8) is 0 Å². The normalized spacial score (nSPS) is 18.5. The molecule has 0 aliphatic carbocycles. The maximum Gasteiger partial charge on any atom is 0.223 e. The van der Waals surface area contributed by atoms with Crippen LogP contribution in [-0.4, -0.2) is 52.4 Å². The van der Waals surface area contributed by atoms with Crippen molar-refractivity contribution >= 4 is 16.9 Å². The number of hydrogen-bond acceptors (Lipinski definition) is 3. The van der Waals surface area contributed by atoms with Gasteiger partial charge in [0.25, 0.3) is 0 Å². The number of carbonyl (C=O) groups is 1. The Bertz CT molecular complexity index is 714. The summed E-state index contributed by atoms with van der Waals surface area (Å²) in [6.45, 7) is 5.28. The number of nitrogens with one attached hydrogen (secondary N) is 1. The summed E-state index contributed by atoms with van der Waals surface area (Å²) >= 11 is 0. The molecule has 1 aliphatic heterocycles. The second kappa shape index (κ2) is 7.30. The minimum absolute atomic E-state index is 0.236. The summed E-state index contributed by atoms with van der Waals surface area (Å²) < 4.78 is 13.2. The molecule has 1 aromatic heterocycles. The molecule has 2 aromatic rings. The SMILES string of the molecule is C[C@H]1CCCN(C(=O)CCN(C)Cc2nc3ccc(F)cc3[nH]2)C1. The smallest absolute Gasteiger partial charge is 0.223 e. The number of nitrogens with zero attached hydrogens (tertiary/aromatic N) is 3. The molecule has 0 saturated carbocycles. The molecule has 0 spiro atoms. The van der Waals surface area contributed by atoms with Crippen molar-refractivity contribution in [1.29, 1.82) is 0 Å². The number of aromatic nitrogens is 2. The summed E-state index contributed by atoms with van der Waals surface area (Å²) in [4.78, 5) is 24.0. The van der Waals surface area contributed by atoms with E-state index in [4.69, 9.17) is 0 Å². The monoisotopic (exact) mass is 332 g/mol. The second-order valence-corrected chi connectivity index (χ2v) is 6.92. The Hall–Kier alpha value is -1.95. The van der Waals surface area contributed by atoms with Crippen molar-refractivity contribution in [3.05, 3.63) is 29.8 Å². The molecule has 5 nitrogen and oxygen atoms in total. The van der Waals surface area contributed by atoms with Gasteiger partial charge in [0, 0.05) is 26.1 Å². The maximum atomic E-state index is 13.2. The Morgan fingerprint density at radius 1 is 1.50 bits per heavy atom. The highest BCUT2D eigenvalue weighted by Crippen LogP contribution is 2.17. The van der Waals surface area contributed by atoms with Crippen LogP contribution in [0.1, 0.15) is 32.0 Å². The second-order valence-electron chi connectivity index (χ2n) is 6.92. The molecular formula is C18H25FN4O. The fraction of sp³-hybridized carbons (Fsp3) is 0.556. The number of hydrogen-bond donors (Lipinski definition) is 1. The van der Waals surface area contributed by atoms with Crippen LogP contribution >= 0.6 is 0 Å². The van der Waals surface area contributed by atoms with Crippen LogP contribution < -0.4 is 0 Å². The largest absolute Gasteiger partial charge is 0.342 e. The predicted octanol–water partition coefficient (Wildman–Crippen LogP) is 2.78. The van der Waals surface area contributed by atoms with E-state index in [9.17, 15) is 9.18 Å². The molecule has 1 fully saturated rings. The van der Waals surface area contributed by atoms with Gasteiger partial charge in [-0.25, -0.2) is 9.37 Å². The zero-order valence-electron chi connectivity index (χ0n) is 14.4. The molecule has 1 N–H and O–H groups in total. The van der Waals surface area contributed by atoms with E-state index in [1.807, 2.05) is 11.9 Å². The summed E-state index contributed by atoms with van der Waals surface area (Å²) in [6.07, 6.45) is 2.85. The highest BCUT2D eigenvalue weighted by molar-refractivity contribution is 5.76. The van der Waals surface area contributed by atoms with E-state index in [0.29, 0.717) is 30.9 Å². The number of fused-ring (bicyclic) bond motifs is 1. The van der Waals surface area contributed by atoms with E-state index in [-0.39, 0.29) is 11.7 Å². The van der Waals surface area contributed by atoms with Crippen molar-refractivity contribution in [3.8, 4) is 0 Å². The van der Waals surface area contributed by atoms with E-state index in [0.717, 1.165) is 30.9 Å². The first kappa shape index (κ1) is 16.9. The van der Waals surface area contributed by atoms with Crippen LogP contribution in [0.15, 0.2) is 18.2 Å². The summed E-state index contributed by atoms with van der Waals surface area (Å²) in [5.41, 5.74) is 1.47. The number of benzene rings is 1.